The van der Waals surface area contributed by atoms with Gasteiger partial charge in [0, 0.05) is 30.2 Å². The zero-order chi connectivity index (χ0) is 13.8. The molecule has 19 heavy (non-hydrogen) atoms. The lowest BCUT2D eigenvalue weighted by Gasteiger charge is -2.37. The minimum atomic E-state index is -0.404. The number of nitrogens with one attached hydrogen (secondary N) is 1. The van der Waals surface area contributed by atoms with Crippen molar-refractivity contribution in [2.75, 3.05) is 13.2 Å². The van der Waals surface area contributed by atoms with Gasteiger partial charge in [-0.25, -0.2) is 0 Å². The predicted molar refractivity (Wildman–Crippen MR) is 75.2 cm³/mol. The van der Waals surface area contributed by atoms with E-state index in [1.165, 1.54) is 0 Å². The van der Waals surface area contributed by atoms with Crippen molar-refractivity contribution in [3.05, 3.63) is 0 Å². The number of hydrogen-bond donors (Lipinski definition) is 2. The lowest BCUT2D eigenvalue weighted by molar-refractivity contribution is -0.124. The van der Waals surface area contributed by atoms with Crippen LogP contribution in [0.25, 0.3) is 0 Å². The smallest absolute Gasteiger partial charge is 0.157 e. The number of nitrogens with zero attached hydrogens (tertiary/aromatic N) is 1. The topological polar surface area (TPSA) is 78.8 Å². The van der Waals surface area contributed by atoms with Crippen LogP contribution in [-0.4, -0.2) is 47.3 Å². The Morgan fingerprint density at radius 3 is 2.74 bits per heavy atom. The second-order valence-electron chi connectivity index (χ2n) is 5.11. The summed E-state index contributed by atoms with van der Waals surface area (Å²) in [6.45, 7) is 2.89. The zero-order valence-corrected chi connectivity index (χ0v) is 11.8. The maximum atomic E-state index is 11.3. The maximum Gasteiger partial charge on any atom is 0.157 e. The number of aliphatic hydroxyl groups excluding tert-OH is 1. The van der Waals surface area contributed by atoms with E-state index in [9.17, 15) is 14.7 Å². The summed E-state index contributed by atoms with van der Waals surface area (Å²) in [5.74, 6) is -0.928. The van der Waals surface area contributed by atoms with Crippen LogP contribution in [0.2, 0.25) is 0 Å². The van der Waals surface area contributed by atoms with Gasteiger partial charge in [0.15, 0.2) is 5.17 Å². The van der Waals surface area contributed by atoms with Crippen molar-refractivity contribution in [1.82, 2.24) is 5.32 Å². The van der Waals surface area contributed by atoms with Crippen LogP contribution in [0.1, 0.15) is 19.8 Å². The number of thioether (sulfide) groups is 1. The van der Waals surface area contributed by atoms with Gasteiger partial charge in [0.1, 0.15) is 12.6 Å². The fourth-order valence-electron chi connectivity index (χ4n) is 2.87. The number of carbonyl (C=O) groups excluding carboxylic acids is 2. The van der Waals surface area contributed by atoms with Gasteiger partial charge in [-0.2, -0.15) is 0 Å². The van der Waals surface area contributed by atoms with Gasteiger partial charge in [-0.3, -0.25) is 4.99 Å². The number of hydrogen-bond acceptors (Lipinski definition) is 6. The first kappa shape index (κ1) is 14.5. The monoisotopic (exact) mass is 284 g/mol. The number of rotatable bonds is 5. The first-order chi connectivity index (χ1) is 9.24. The molecule has 0 aromatic heterocycles. The van der Waals surface area contributed by atoms with Crippen molar-refractivity contribution in [2.24, 2.45) is 22.7 Å². The summed E-state index contributed by atoms with van der Waals surface area (Å²) in [4.78, 5) is 27.1. The molecular formula is C13H20N2O3S. The summed E-state index contributed by atoms with van der Waals surface area (Å²) in [7, 11) is 0. The molecule has 1 saturated carbocycles. The lowest BCUT2D eigenvalue weighted by atomic mass is 9.71. The Balaban J connectivity index is 2.14. The Hall–Kier alpha value is -0.880. The SMILES string of the molecule is CCCNC1=N[C@@H]2[C@H](C=O)[C@H](C=O)[C@H](CO)C[C@@H]2S1. The maximum absolute atomic E-state index is 11.3. The van der Waals surface area contributed by atoms with Gasteiger partial charge >= 0.3 is 0 Å². The molecule has 1 aliphatic carbocycles. The molecule has 0 amide bonds. The molecule has 0 unspecified atom stereocenters. The van der Waals surface area contributed by atoms with Gasteiger partial charge in [0.05, 0.1) is 6.04 Å². The van der Waals surface area contributed by atoms with E-state index in [1.807, 2.05) is 0 Å². The van der Waals surface area contributed by atoms with Crippen LogP contribution in [0.15, 0.2) is 4.99 Å². The van der Waals surface area contributed by atoms with Crippen molar-refractivity contribution >= 4 is 29.5 Å². The van der Waals surface area contributed by atoms with Gasteiger partial charge in [0.25, 0.3) is 0 Å². The Kier molecular flexibility index (Phi) is 4.99. The molecule has 2 aliphatic rings. The van der Waals surface area contributed by atoms with Gasteiger partial charge in [-0.05, 0) is 18.8 Å². The van der Waals surface area contributed by atoms with Crippen molar-refractivity contribution in [1.29, 1.82) is 0 Å². The molecule has 5 atom stereocenters. The Morgan fingerprint density at radius 1 is 1.42 bits per heavy atom. The highest BCUT2D eigenvalue weighted by molar-refractivity contribution is 8.14. The molecule has 6 heteroatoms. The van der Waals surface area contributed by atoms with Crippen LogP contribution in [0.3, 0.4) is 0 Å². The number of fused-ring (bicyclic) bond motifs is 1. The zero-order valence-electron chi connectivity index (χ0n) is 11.0. The molecular weight excluding hydrogens is 264 g/mol. The van der Waals surface area contributed by atoms with Crippen LogP contribution < -0.4 is 5.32 Å². The van der Waals surface area contributed by atoms with Gasteiger partial charge < -0.3 is 20.0 Å². The van der Waals surface area contributed by atoms with Crippen LogP contribution in [0.5, 0.6) is 0 Å². The fourth-order valence-corrected chi connectivity index (χ4v) is 4.25. The van der Waals surface area contributed by atoms with E-state index < -0.39 is 11.8 Å². The van der Waals surface area contributed by atoms with Crippen LogP contribution >= 0.6 is 11.8 Å². The summed E-state index contributed by atoms with van der Waals surface area (Å²) >= 11 is 1.64. The van der Waals surface area contributed by atoms with E-state index in [0.717, 1.165) is 37.1 Å². The molecule has 1 fully saturated rings. The average molecular weight is 284 g/mol. The summed E-state index contributed by atoms with van der Waals surface area (Å²) < 4.78 is 0. The quantitative estimate of drug-likeness (QED) is 0.717. The minimum Gasteiger partial charge on any atom is -0.396 e. The summed E-state index contributed by atoms with van der Waals surface area (Å²) in [6.07, 6.45) is 3.40. The molecule has 0 bridgehead atoms. The van der Waals surface area contributed by atoms with Crippen LogP contribution in [0, 0.1) is 17.8 Å². The highest BCUT2D eigenvalue weighted by Crippen LogP contribution is 2.43. The Bertz CT molecular complexity index is 375. The molecule has 106 valence electrons. The second-order valence-corrected chi connectivity index (χ2v) is 6.34. The summed E-state index contributed by atoms with van der Waals surface area (Å²) in [6, 6.07) is -0.125. The summed E-state index contributed by atoms with van der Waals surface area (Å²) in [5.41, 5.74) is 0. The first-order valence-electron chi connectivity index (χ1n) is 6.74. The van der Waals surface area contributed by atoms with Gasteiger partial charge in [-0.15, -0.1) is 0 Å². The van der Waals surface area contributed by atoms with E-state index >= 15 is 0 Å². The third-order valence-electron chi connectivity index (χ3n) is 3.90. The largest absolute Gasteiger partial charge is 0.396 e. The molecule has 1 heterocycles. The molecule has 2 N–H and O–H groups in total. The van der Waals surface area contributed by atoms with Crippen molar-refractivity contribution in [3.8, 4) is 0 Å². The fraction of sp³-hybridized carbons (Fsp3) is 0.769. The van der Waals surface area contributed by atoms with E-state index in [0.29, 0.717) is 0 Å². The van der Waals surface area contributed by atoms with E-state index in [4.69, 9.17) is 0 Å². The number of carbonyl (C=O) groups is 2. The number of aldehydes is 2. The molecule has 5 nitrogen and oxygen atoms in total. The predicted octanol–water partition coefficient (Wildman–Crippen LogP) is 0.468. The highest BCUT2D eigenvalue weighted by Gasteiger charge is 2.47. The molecule has 0 aromatic carbocycles. The van der Waals surface area contributed by atoms with E-state index in [2.05, 4.69) is 17.2 Å². The standard InChI is InChI=1S/C13H20N2O3S/c1-2-3-14-13-15-12-10(7-18)9(6-17)8(5-16)4-11(12)19-13/h6-12,16H,2-5H2,1H3,(H,14,15)/t8-,9+,10+,11-,12+/m0/s1. The normalized spacial score (nSPS) is 37.4. The van der Waals surface area contributed by atoms with Crippen molar-refractivity contribution < 1.29 is 14.7 Å². The number of aliphatic imine (C=N–C) groups is 1. The van der Waals surface area contributed by atoms with E-state index in [1.54, 1.807) is 11.8 Å². The average Bonchev–Trinajstić information content (AvgIpc) is 2.85. The van der Waals surface area contributed by atoms with Crippen LogP contribution in [-0.2, 0) is 9.59 Å². The molecule has 2 rings (SSSR count). The van der Waals surface area contributed by atoms with Gasteiger partial charge in [-0.1, -0.05) is 18.7 Å². The first-order valence-corrected chi connectivity index (χ1v) is 7.62. The van der Waals surface area contributed by atoms with Gasteiger partial charge in [0.2, 0.25) is 0 Å². The highest BCUT2D eigenvalue weighted by atomic mass is 32.2. The molecule has 0 aromatic rings. The minimum absolute atomic E-state index is 0.0464. The molecule has 1 aliphatic heterocycles. The van der Waals surface area contributed by atoms with E-state index in [-0.39, 0.29) is 23.8 Å². The second kappa shape index (κ2) is 6.52. The van der Waals surface area contributed by atoms with Crippen molar-refractivity contribution in [2.45, 2.75) is 31.1 Å². The van der Waals surface area contributed by atoms with Crippen LogP contribution in [0.4, 0.5) is 0 Å². The third kappa shape index (κ3) is 2.84. The van der Waals surface area contributed by atoms with Crippen molar-refractivity contribution in [3.63, 3.8) is 0 Å². The Labute approximate surface area is 117 Å². The molecule has 0 spiro atoms. The lowest BCUT2D eigenvalue weighted by Crippen LogP contribution is -2.45. The number of aliphatic hydroxyl groups is 1. The number of amidine groups is 1. The molecule has 0 radical (unpaired) electrons. The third-order valence-corrected chi connectivity index (χ3v) is 5.15. The molecule has 0 saturated heterocycles. The Morgan fingerprint density at radius 2 is 2.16 bits per heavy atom. The summed E-state index contributed by atoms with van der Waals surface area (Å²) in [5, 5.41) is 13.7.